The molecule has 210 valence electrons. The average Bonchev–Trinajstić information content (AvgIpc) is 3.28. The van der Waals surface area contributed by atoms with Gasteiger partial charge in [-0.3, -0.25) is 0 Å². The van der Waals surface area contributed by atoms with Crippen LogP contribution in [-0.4, -0.2) is 12.1 Å². The number of rotatable bonds is 6. The van der Waals surface area contributed by atoms with Crippen molar-refractivity contribution in [2.75, 3.05) is 11.2 Å². The molecule has 1 aliphatic rings. The monoisotopic (exact) mass is 573 g/mol. The maximum atomic E-state index is 4.36. The van der Waals surface area contributed by atoms with Crippen LogP contribution in [0.15, 0.2) is 150 Å². The van der Waals surface area contributed by atoms with E-state index in [2.05, 4.69) is 176 Å². The third kappa shape index (κ3) is 4.82. The Labute approximate surface area is 258 Å². The Bertz CT molecular complexity index is 1950. The lowest BCUT2D eigenvalue weighted by atomic mass is 9.82. The summed E-state index contributed by atoms with van der Waals surface area (Å²) >= 11 is 0. The number of benzene rings is 6. The van der Waals surface area contributed by atoms with E-state index in [-0.39, 0.29) is 15.9 Å². The van der Waals surface area contributed by atoms with Gasteiger partial charge in [-0.15, -0.1) is 0 Å². The van der Waals surface area contributed by atoms with Crippen LogP contribution in [0.25, 0.3) is 33.4 Å². The minimum Gasteiger partial charge on any atom is -0.310 e. The second-order valence-corrected chi connectivity index (χ2v) is 13.6. The minimum atomic E-state index is -0.0993. The Morgan fingerprint density at radius 3 is 1.79 bits per heavy atom. The molecule has 0 aromatic heterocycles. The summed E-state index contributed by atoms with van der Waals surface area (Å²) in [4.78, 5) is 3.68. The van der Waals surface area contributed by atoms with Crippen molar-refractivity contribution in [1.82, 2.24) is 0 Å². The molecule has 2 heteroatoms. The molecule has 0 fully saturated rings. The molecule has 0 saturated carbocycles. The van der Waals surface area contributed by atoms with Crippen LogP contribution in [0.5, 0.6) is 0 Å². The van der Waals surface area contributed by atoms with Gasteiger partial charge in [0.15, 0.2) is 0 Å². The molecule has 0 aliphatic heterocycles. The maximum absolute atomic E-state index is 4.36. The highest BCUT2D eigenvalue weighted by atomic mass is 32.2. The lowest BCUT2D eigenvalue weighted by Gasteiger charge is -2.30. The van der Waals surface area contributed by atoms with Gasteiger partial charge in [0, 0.05) is 27.2 Å². The predicted octanol–water partition coefficient (Wildman–Crippen LogP) is 11.5. The topological polar surface area (TPSA) is 3.24 Å². The molecule has 0 heterocycles. The smallest absolute Gasteiger partial charge is 0.0540 e. The number of fused-ring (bicyclic) bond motifs is 3. The fourth-order valence-electron chi connectivity index (χ4n) is 6.47. The zero-order valence-electron chi connectivity index (χ0n) is 24.9. The fourth-order valence-corrected chi connectivity index (χ4v) is 7.09. The van der Waals surface area contributed by atoms with Crippen molar-refractivity contribution in [3.05, 3.63) is 157 Å². The van der Waals surface area contributed by atoms with E-state index in [9.17, 15) is 0 Å². The molecule has 1 atom stereocenters. The molecule has 0 radical (unpaired) electrons. The van der Waals surface area contributed by atoms with Gasteiger partial charge >= 0.3 is 0 Å². The van der Waals surface area contributed by atoms with Crippen LogP contribution in [0, 0.1) is 0 Å². The molecule has 0 saturated heterocycles. The number of hydrogen-bond acceptors (Lipinski definition) is 1. The molecule has 0 bridgehead atoms. The summed E-state index contributed by atoms with van der Waals surface area (Å²) in [5.41, 5.74) is 13.6. The zero-order chi connectivity index (χ0) is 29.6. The van der Waals surface area contributed by atoms with Gasteiger partial charge in [-0.05, 0) is 87.7 Å². The summed E-state index contributed by atoms with van der Waals surface area (Å²) in [6.45, 7) is 4.70. The average molecular weight is 574 g/mol. The van der Waals surface area contributed by atoms with E-state index in [1.165, 1.54) is 49.4 Å². The molecule has 7 rings (SSSR count). The van der Waals surface area contributed by atoms with Crippen LogP contribution in [-0.2, 0) is 5.41 Å². The largest absolute Gasteiger partial charge is 0.310 e. The molecule has 0 N–H and O–H groups in total. The first-order valence-electron chi connectivity index (χ1n) is 14.8. The van der Waals surface area contributed by atoms with E-state index < -0.39 is 0 Å². The summed E-state index contributed by atoms with van der Waals surface area (Å²) in [6, 6.07) is 53.0. The Morgan fingerprint density at radius 1 is 0.512 bits per heavy atom. The second kappa shape index (κ2) is 10.9. The van der Waals surface area contributed by atoms with Gasteiger partial charge in [-0.2, -0.15) is 10.5 Å². The van der Waals surface area contributed by atoms with Gasteiger partial charge in [0.05, 0.1) is 5.69 Å². The Balaban J connectivity index is 1.44. The van der Waals surface area contributed by atoms with E-state index in [0.717, 1.165) is 17.1 Å². The van der Waals surface area contributed by atoms with E-state index in [4.69, 9.17) is 0 Å². The summed E-state index contributed by atoms with van der Waals surface area (Å²) in [5, 5.41) is 0. The van der Waals surface area contributed by atoms with Gasteiger partial charge in [0.2, 0.25) is 0 Å². The van der Waals surface area contributed by atoms with Gasteiger partial charge < -0.3 is 4.90 Å². The normalized spacial score (nSPS) is 13.7. The number of hydrogen-bond donors (Lipinski definition) is 0. The Kier molecular flexibility index (Phi) is 6.88. The number of anilines is 3. The van der Waals surface area contributed by atoms with Crippen molar-refractivity contribution in [2.24, 2.45) is 0 Å². The lowest BCUT2D eigenvalue weighted by Crippen LogP contribution is -2.17. The van der Waals surface area contributed by atoms with Crippen LogP contribution < -0.4 is 4.90 Å². The summed E-state index contributed by atoms with van der Waals surface area (Å²) in [7, 11) is -0.0993. The summed E-state index contributed by atoms with van der Waals surface area (Å²) in [5.74, 6) is 4.36. The van der Waals surface area contributed by atoms with Gasteiger partial charge in [0.1, 0.15) is 0 Å². The van der Waals surface area contributed by atoms with Crippen molar-refractivity contribution in [3.63, 3.8) is 0 Å². The quantitative estimate of drug-likeness (QED) is 0.179. The Hall–Kier alpha value is -4.66. The zero-order valence-corrected chi connectivity index (χ0v) is 25.7. The highest BCUT2D eigenvalue weighted by Gasteiger charge is 2.35. The molecule has 6 aromatic rings. The van der Waals surface area contributed by atoms with Gasteiger partial charge in [-0.1, -0.05) is 123 Å². The standard InChI is InChI=1S/C41H35NS/c1-41(2)38-18-12-11-17-35(38)36-25-23-33(27-39(36)41)42(32-21-19-30(20-22-32)29-13-7-5-8-14-29)40-26-24-34(43(3)4)28-37(40)31-15-9-6-10-16-31/h5-28H,3H2,1-2,4H3/t43-/m0/s1. The van der Waals surface area contributed by atoms with E-state index in [1.807, 2.05) is 0 Å². The first-order valence-corrected chi connectivity index (χ1v) is 16.6. The third-order valence-corrected chi connectivity index (χ3v) is 9.81. The summed E-state index contributed by atoms with van der Waals surface area (Å²) in [6.07, 6.45) is 2.18. The van der Waals surface area contributed by atoms with Crippen LogP contribution >= 0.6 is 10.5 Å². The molecule has 0 unspecified atom stereocenters. The highest BCUT2D eigenvalue weighted by Crippen LogP contribution is 2.51. The van der Waals surface area contributed by atoms with E-state index in [0.29, 0.717) is 0 Å². The SMILES string of the molecule is C=[S@@](C)c1ccc(N(c2ccc(-c3ccccc3)cc2)c2ccc3c(c2)C(C)(C)c2ccccc2-3)c(-c2ccccc2)c1. The minimum absolute atomic E-state index is 0.0820. The van der Waals surface area contributed by atoms with Crippen molar-refractivity contribution < 1.29 is 0 Å². The van der Waals surface area contributed by atoms with E-state index in [1.54, 1.807) is 0 Å². The van der Waals surface area contributed by atoms with Gasteiger partial charge in [0.25, 0.3) is 0 Å². The first kappa shape index (κ1) is 27.2. The summed E-state index contributed by atoms with van der Waals surface area (Å²) < 4.78 is 0. The van der Waals surface area contributed by atoms with Crippen LogP contribution in [0.4, 0.5) is 17.1 Å². The Morgan fingerprint density at radius 2 is 1.09 bits per heavy atom. The molecular formula is C41H35NS. The van der Waals surface area contributed by atoms with Gasteiger partial charge in [-0.25, -0.2) is 0 Å². The van der Waals surface area contributed by atoms with Crippen LogP contribution in [0.1, 0.15) is 25.0 Å². The molecule has 6 aromatic carbocycles. The molecular weight excluding hydrogens is 539 g/mol. The van der Waals surface area contributed by atoms with Crippen molar-refractivity contribution in [2.45, 2.75) is 24.2 Å². The molecule has 0 spiro atoms. The molecule has 1 nitrogen and oxygen atoms in total. The van der Waals surface area contributed by atoms with Crippen molar-refractivity contribution in [3.8, 4) is 33.4 Å². The highest BCUT2D eigenvalue weighted by molar-refractivity contribution is 8.13. The van der Waals surface area contributed by atoms with E-state index >= 15 is 0 Å². The second-order valence-electron chi connectivity index (χ2n) is 11.8. The van der Waals surface area contributed by atoms with Crippen molar-refractivity contribution >= 4 is 33.4 Å². The van der Waals surface area contributed by atoms with Crippen LogP contribution in [0.2, 0.25) is 0 Å². The third-order valence-electron chi connectivity index (χ3n) is 8.75. The fraction of sp³-hybridized carbons (Fsp3) is 0.0976. The van der Waals surface area contributed by atoms with Crippen LogP contribution in [0.3, 0.4) is 0 Å². The van der Waals surface area contributed by atoms with Crippen molar-refractivity contribution in [1.29, 1.82) is 0 Å². The predicted molar refractivity (Wildman–Crippen MR) is 188 cm³/mol. The molecule has 43 heavy (non-hydrogen) atoms. The first-order chi connectivity index (χ1) is 20.9. The molecule has 1 aliphatic carbocycles. The lowest BCUT2D eigenvalue weighted by molar-refractivity contribution is 0.660. The maximum Gasteiger partial charge on any atom is 0.0540 e. The number of nitrogens with zero attached hydrogens (tertiary/aromatic N) is 1. The molecule has 0 amide bonds.